The molecule has 2 aromatic carbocycles. The molecular weight excluding hydrogens is 290 g/mol. The Morgan fingerprint density at radius 2 is 1.86 bits per heavy atom. The molecule has 0 atom stereocenters. The van der Waals surface area contributed by atoms with Gasteiger partial charge in [0.05, 0.1) is 0 Å². The van der Waals surface area contributed by atoms with Crippen molar-refractivity contribution in [2.75, 3.05) is 0 Å². The van der Waals surface area contributed by atoms with Crippen molar-refractivity contribution in [1.29, 1.82) is 0 Å². The predicted octanol–water partition coefficient (Wildman–Crippen LogP) is 3.82. The molecule has 22 heavy (non-hydrogen) atoms. The predicted molar refractivity (Wildman–Crippen MR) is 77.2 cm³/mol. The average Bonchev–Trinajstić information content (AvgIpc) is 2.79. The summed E-state index contributed by atoms with van der Waals surface area (Å²) in [7, 11) is 0. The Labute approximate surface area is 125 Å². The molecular formula is C17H12F2O3. The van der Waals surface area contributed by atoms with Gasteiger partial charge in [0.1, 0.15) is 11.5 Å². The minimum Gasteiger partial charge on any atom is -0.508 e. The van der Waals surface area contributed by atoms with Crippen LogP contribution in [0.4, 0.5) is 8.78 Å². The number of phenols is 1. The average molecular weight is 302 g/mol. The van der Waals surface area contributed by atoms with Crippen molar-refractivity contribution in [3.8, 4) is 11.5 Å². The minimum atomic E-state index is -2.86. The number of Topliss-reactive ketones (excluding diaryl/α,β-unsaturated/α-hetero) is 1. The lowest BCUT2D eigenvalue weighted by Crippen LogP contribution is -2.01. The van der Waals surface area contributed by atoms with Crippen LogP contribution in [0.2, 0.25) is 0 Å². The number of fused-ring (bicyclic) bond motifs is 1. The van der Waals surface area contributed by atoms with Gasteiger partial charge in [-0.1, -0.05) is 24.3 Å². The van der Waals surface area contributed by atoms with Crippen molar-refractivity contribution in [2.45, 2.75) is 13.0 Å². The van der Waals surface area contributed by atoms with Crippen LogP contribution >= 0.6 is 0 Å². The lowest BCUT2D eigenvalue weighted by molar-refractivity contribution is -0.0498. The van der Waals surface area contributed by atoms with Gasteiger partial charge < -0.3 is 9.84 Å². The molecule has 0 radical (unpaired) electrons. The Bertz CT molecular complexity index is 749. The summed E-state index contributed by atoms with van der Waals surface area (Å²) in [6.07, 6.45) is 2.05. The molecule has 0 aliphatic heterocycles. The van der Waals surface area contributed by atoms with E-state index in [1.54, 1.807) is 36.4 Å². The quantitative estimate of drug-likeness (QED) is 0.877. The van der Waals surface area contributed by atoms with Gasteiger partial charge >= 0.3 is 6.61 Å². The zero-order valence-electron chi connectivity index (χ0n) is 11.4. The third-order valence-electron chi connectivity index (χ3n) is 3.50. The van der Waals surface area contributed by atoms with Gasteiger partial charge in [-0.2, -0.15) is 8.78 Å². The fourth-order valence-corrected chi connectivity index (χ4v) is 2.48. The molecule has 0 heterocycles. The molecule has 3 rings (SSSR count). The lowest BCUT2D eigenvalue weighted by atomic mass is 10.1. The van der Waals surface area contributed by atoms with Crippen molar-refractivity contribution in [2.24, 2.45) is 0 Å². The van der Waals surface area contributed by atoms with Crippen LogP contribution in [0.5, 0.6) is 11.5 Å². The molecule has 112 valence electrons. The number of hydrogen-bond acceptors (Lipinski definition) is 3. The van der Waals surface area contributed by atoms with E-state index in [4.69, 9.17) is 0 Å². The molecule has 0 amide bonds. The van der Waals surface area contributed by atoms with Gasteiger partial charge in [0.25, 0.3) is 0 Å². The van der Waals surface area contributed by atoms with Gasteiger partial charge in [-0.25, -0.2) is 0 Å². The van der Waals surface area contributed by atoms with Crippen LogP contribution in [0.3, 0.4) is 0 Å². The number of allylic oxidation sites excluding steroid dienone is 1. The zero-order chi connectivity index (χ0) is 15.7. The van der Waals surface area contributed by atoms with Crippen LogP contribution in [0.1, 0.15) is 21.5 Å². The Kier molecular flexibility index (Phi) is 3.63. The number of carbonyl (C=O) groups is 1. The van der Waals surface area contributed by atoms with E-state index in [2.05, 4.69) is 4.74 Å². The van der Waals surface area contributed by atoms with Gasteiger partial charge in [-0.05, 0) is 29.8 Å². The molecule has 0 aromatic heterocycles. The fraction of sp³-hybridized carbons (Fsp3) is 0.118. The molecule has 0 unspecified atom stereocenters. The zero-order valence-corrected chi connectivity index (χ0v) is 11.4. The number of aromatic hydroxyl groups is 1. The van der Waals surface area contributed by atoms with Crippen molar-refractivity contribution < 1.29 is 23.4 Å². The first-order valence-electron chi connectivity index (χ1n) is 6.65. The SMILES string of the molecule is O=C1/C(=C\c2ccc(OC(F)F)cc2)Cc2c(O)cccc21. The van der Waals surface area contributed by atoms with Crippen molar-refractivity contribution >= 4 is 11.9 Å². The van der Waals surface area contributed by atoms with Gasteiger partial charge in [0.15, 0.2) is 5.78 Å². The number of ether oxygens (including phenoxy) is 1. The standard InChI is InChI=1S/C17H12F2O3/c18-17(19)22-12-6-4-10(5-7-12)8-11-9-14-13(16(11)21)2-1-3-15(14)20/h1-8,17,20H,9H2/b11-8-. The summed E-state index contributed by atoms with van der Waals surface area (Å²) < 4.78 is 28.4. The monoisotopic (exact) mass is 302 g/mol. The van der Waals surface area contributed by atoms with E-state index in [9.17, 15) is 18.7 Å². The van der Waals surface area contributed by atoms with Crippen LogP contribution in [0.25, 0.3) is 6.08 Å². The van der Waals surface area contributed by atoms with Crippen LogP contribution in [0.15, 0.2) is 48.0 Å². The minimum absolute atomic E-state index is 0.0656. The first-order valence-corrected chi connectivity index (χ1v) is 6.65. The summed E-state index contributed by atoms with van der Waals surface area (Å²) in [6.45, 7) is -2.86. The van der Waals surface area contributed by atoms with Gasteiger partial charge in [-0.15, -0.1) is 0 Å². The van der Waals surface area contributed by atoms with Crippen LogP contribution in [-0.2, 0) is 6.42 Å². The normalized spacial score (nSPS) is 15.4. The lowest BCUT2D eigenvalue weighted by Gasteiger charge is -2.04. The number of halogens is 2. The molecule has 0 fully saturated rings. The molecule has 0 saturated heterocycles. The van der Waals surface area contributed by atoms with E-state index in [0.717, 1.165) is 0 Å². The van der Waals surface area contributed by atoms with Crippen LogP contribution < -0.4 is 4.74 Å². The summed E-state index contributed by atoms with van der Waals surface area (Å²) in [5.41, 5.74) is 2.39. The van der Waals surface area contributed by atoms with E-state index in [1.807, 2.05) is 0 Å². The maximum atomic E-state index is 12.3. The topological polar surface area (TPSA) is 46.5 Å². The van der Waals surface area contributed by atoms with E-state index in [0.29, 0.717) is 28.7 Å². The number of alkyl halides is 2. The summed E-state index contributed by atoms with van der Waals surface area (Å²) >= 11 is 0. The highest BCUT2D eigenvalue weighted by Crippen LogP contribution is 2.33. The molecule has 5 heteroatoms. The Morgan fingerprint density at radius 1 is 1.14 bits per heavy atom. The van der Waals surface area contributed by atoms with Crippen LogP contribution in [-0.4, -0.2) is 17.5 Å². The van der Waals surface area contributed by atoms with Gasteiger partial charge in [0, 0.05) is 23.1 Å². The Hall–Kier alpha value is -2.69. The molecule has 2 aromatic rings. The van der Waals surface area contributed by atoms with E-state index >= 15 is 0 Å². The molecule has 0 saturated carbocycles. The first-order chi connectivity index (χ1) is 10.5. The smallest absolute Gasteiger partial charge is 0.387 e. The largest absolute Gasteiger partial charge is 0.508 e. The summed E-state index contributed by atoms with van der Waals surface area (Å²) in [5.74, 6) is 0.0459. The van der Waals surface area contributed by atoms with Crippen molar-refractivity contribution in [1.82, 2.24) is 0 Å². The summed E-state index contributed by atoms with van der Waals surface area (Å²) in [5, 5.41) is 9.79. The highest BCUT2D eigenvalue weighted by molar-refractivity contribution is 6.16. The van der Waals surface area contributed by atoms with E-state index in [-0.39, 0.29) is 17.3 Å². The molecule has 1 aliphatic rings. The summed E-state index contributed by atoms with van der Waals surface area (Å²) in [4.78, 5) is 12.3. The molecule has 1 aliphatic carbocycles. The fourth-order valence-electron chi connectivity index (χ4n) is 2.48. The van der Waals surface area contributed by atoms with Crippen LogP contribution in [0, 0.1) is 0 Å². The first kappa shape index (κ1) is 14.3. The molecule has 3 nitrogen and oxygen atoms in total. The van der Waals surface area contributed by atoms with Crippen molar-refractivity contribution in [3.63, 3.8) is 0 Å². The number of hydrogen-bond donors (Lipinski definition) is 1. The van der Waals surface area contributed by atoms with Gasteiger partial charge in [0.2, 0.25) is 0 Å². The summed E-state index contributed by atoms with van der Waals surface area (Å²) in [6, 6.07) is 10.9. The second-order valence-corrected chi connectivity index (χ2v) is 4.93. The number of benzene rings is 2. The Morgan fingerprint density at radius 3 is 2.50 bits per heavy atom. The second kappa shape index (κ2) is 5.60. The number of phenolic OH excluding ortho intramolecular Hbond substituents is 1. The third kappa shape index (κ3) is 2.70. The molecule has 1 N–H and O–H groups in total. The van der Waals surface area contributed by atoms with Crippen molar-refractivity contribution in [3.05, 3.63) is 64.7 Å². The highest BCUT2D eigenvalue weighted by Gasteiger charge is 2.26. The van der Waals surface area contributed by atoms with E-state index in [1.165, 1.54) is 12.1 Å². The Balaban J connectivity index is 1.85. The maximum absolute atomic E-state index is 12.3. The van der Waals surface area contributed by atoms with Gasteiger partial charge in [-0.3, -0.25) is 4.79 Å². The number of carbonyl (C=O) groups excluding carboxylic acids is 1. The second-order valence-electron chi connectivity index (χ2n) is 4.93. The third-order valence-corrected chi connectivity index (χ3v) is 3.50. The molecule has 0 spiro atoms. The maximum Gasteiger partial charge on any atom is 0.387 e. The van der Waals surface area contributed by atoms with E-state index < -0.39 is 6.61 Å². The number of rotatable bonds is 3. The highest BCUT2D eigenvalue weighted by atomic mass is 19.3. The molecule has 0 bridgehead atoms. The number of ketones is 1.